The zero-order valence-corrected chi connectivity index (χ0v) is 18.4. The molecule has 0 saturated carbocycles. The molecule has 0 atom stereocenters. The quantitative estimate of drug-likeness (QED) is 0.0895. The van der Waals surface area contributed by atoms with Crippen molar-refractivity contribution in [1.29, 1.82) is 0 Å². The molecule has 0 aliphatic heterocycles. The highest BCUT2D eigenvalue weighted by molar-refractivity contribution is 6.64. The van der Waals surface area contributed by atoms with Crippen LogP contribution in [0.1, 0.15) is 0 Å². The fourth-order valence-corrected chi connectivity index (χ4v) is 4.83. The van der Waals surface area contributed by atoms with E-state index in [1.807, 2.05) is 0 Å². The molecule has 0 radical (unpaired) electrons. The molecule has 0 bridgehead atoms. The first-order valence-electron chi connectivity index (χ1n) is 10.8. The van der Waals surface area contributed by atoms with Gasteiger partial charge in [0.05, 0.1) is 10.8 Å². The monoisotopic (exact) mass is 534 g/mol. The Morgan fingerprint density at radius 1 is 0.500 bits per heavy atom. The summed E-state index contributed by atoms with van der Waals surface area (Å²) < 4.78 is 136. The van der Waals surface area contributed by atoms with Crippen molar-refractivity contribution < 1.29 is 49.2 Å². The van der Waals surface area contributed by atoms with Gasteiger partial charge in [-0.2, -0.15) is 4.39 Å². The van der Waals surface area contributed by atoms with E-state index in [9.17, 15) is 35.8 Å². The second-order valence-electron chi connectivity index (χ2n) is 8.46. The zero-order valence-electron chi connectivity index (χ0n) is 18.4. The Hall–Kier alpha value is -4.19. The molecule has 12 heteroatoms. The smallest absolute Gasteiger partial charge is 0.530 e. The largest absolute Gasteiger partial charge is 0.560 e. The first-order chi connectivity index (χ1) is 18.0. The first kappa shape index (κ1) is 24.2. The molecule has 6 aromatic carbocycles. The Bertz CT molecular complexity index is 1980. The van der Waals surface area contributed by atoms with Crippen molar-refractivity contribution in [2.45, 2.75) is 0 Å². The summed E-state index contributed by atoms with van der Waals surface area (Å²) in [6, 6.07) is 7.28. The van der Waals surface area contributed by atoms with Crippen LogP contribution < -0.4 is 10.1 Å². The maximum Gasteiger partial charge on any atom is 0.560 e. The predicted octanol–water partition coefficient (Wildman–Crippen LogP) is 6.76. The second kappa shape index (κ2) is 8.16. The summed E-state index contributed by atoms with van der Waals surface area (Å²) in [6.45, 7) is 0. The summed E-state index contributed by atoms with van der Waals surface area (Å²) in [5.41, 5.74) is -0.688. The number of rotatable bonds is 3. The van der Waals surface area contributed by atoms with Crippen molar-refractivity contribution in [3.63, 3.8) is 0 Å². The van der Waals surface area contributed by atoms with Crippen molar-refractivity contribution in [1.82, 2.24) is 0 Å². The Balaban J connectivity index is 1.64. The van der Waals surface area contributed by atoms with Crippen LogP contribution in [-0.2, 0) is 0 Å². The molecule has 0 spiro atoms. The molecule has 0 heterocycles. The van der Waals surface area contributed by atoms with Gasteiger partial charge in [0, 0.05) is 32.4 Å². The third-order valence-corrected chi connectivity index (χ3v) is 6.50. The Morgan fingerprint density at radius 2 is 1.11 bits per heavy atom. The average Bonchev–Trinajstić information content (AvgIpc) is 2.91. The van der Waals surface area contributed by atoms with Crippen molar-refractivity contribution in [3.05, 3.63) is 94.8 Å². The topological polar surface area (TPSA) is 29.5 Å². The fourth-order valence-electron chi connectivity index (χ4n) is 4.83. The van der Waals surface area contributed by atoms with Crippen LogP contribution in [0, 0.1) is 52.4 Å². The lowest BCUT2D eigenvalue weighted by molar-refractivity contribution is 0.404. The van der Waals surface area contributed by atoms with Crippen LogP contribution in [-0.4, -0.2) is 12.1 Å². The van der Waals surface area contributed by atoms with Gasteiger partial charge in [-0.25, -0.2) is 35.1 Å². The van der Waals surface area contributed by atoms with Crippen molar-refractivity contribution in [3.8, 4) is 5.75 Å². The number of hydrogen-bond acceptors (Lipinski definition) is 2. The maximum absolute atomic E-state index is 15.2. The minimum Gasteiger partial charge on any atom is -0.530 e. The van der Waals surface area contributed by atoms with Crippen LogP contribution in [0.2, 0.25) is 0 Å². The molecule has 190 valence electrons. The fraction of sp³-hybridized carbons (Fsp3) is 0. The maximum atomic E-state index is 15.2. The zero-order chi connectivity index (χ0) is 27.2. The highest BCUT2D eigenvalue weighted by Gasteiger charge is 2.33. The van der Waals surface area contributed by atoms with Gasteiger partial charge < -0.3 is 9.68 Å². The van der Waals surface area contributed by atoms with E-state index < -0.39 is 103 Å². The number of fused-ring (bicyclic) bond motifs is 1. The van der Waals surface area contributed by atoms with E-state index in [2.05, 4.69) is 0 Å². The van der Waals surface area contributed by atoms with Gasteiger partial charge in [-0.15, -0.1) is 0 Å². The van der Waals surface area contributed by atoms with Crippen LogP contribution in [0.4, 0.5) is 39.5 Å². The van der Waals surface area contributed by atoms with Gasteiger partial charge in [0.1, 0.15) is 11.6 Å². The molecule has 38 heavy (non-hydrogen) atoms. The van der Waals surface area contributed by atoms with E-state index in [1.54, 1.807) is 0 Å². The molecule has 0 aliphatic rings. The molecule has 0 aromatic heterocycles. The molecule has 0 fully saturated rings. The van der Waals surface area contributed by atoms with Crippen molar-refractivity contribution >= 4 is 55.7 Å². The lowest BCUT2D eigenvalue weighted by Gasteiger charge is -2.19. The van der Waals surface area contributed by atoms with Crippen LogP contribution in [0.3, 0.4) is 0 Å². The molecule has 6 rings (SSSR count). The number of hydrogen-bond donors (Lipinski definition) is 1. The van der Waals surface area contributed by atoms with Crippen LogP contribution in [0.15, 0.2) is 42.5 Å². The van der Waals surface area contributed by atoms with Crippen molar-refractivity contribution in [2.75, 3.05) is 0 Å². The van der Waals surface area contributed by atoms with Gasteiger partial charge in [-0.1, -0.05) is 30.3 Å². The molecule has 0 aliphatic carbocycles. The summed E-state index contributed by atoms with van der Waals surface area (Å²) in [7, 11) is -2.43. The minimum absolute atomic E-state index is 0.138. The lowest BCUT2D eigenvalue weighted by atomic mass is 9.76. The number of benzene rings is 6. The minimum atomic E-state index is -2.43. The predicted molar refractivity (Wildman–Crippen MR) is 122 cm³/mol. The summed E-state index contributed by atoms with van der Waals surface area (Å²) in [4.78, 5) is 0. The SMILES string of the molecule is OB(Oc1c(F)c(F)c2c(F)c(F)c3c(F)ccc4ccc1c2c43)c1cccc2c(F)c(F)c(F)c(F)c12. The van der Waals surface area contributed by atoms with Gasteiger partial charge in [0.2, 0.25) is 0 Å². The van der Waals surface area contributed by atoms with Crippen molar-refractivity contribution in [2.24, 2.45) is 0 Å². The Morgan fingerprint density at radius 3 is 1.84 bits per heavy atom. The van der Waals surface area contributed by atoms with Gasteiger partial charge in [-0.05, 0) is 17.5 Å². The van der Waals surface area contributed by atoms with Gasteiger partial charge in [0.25, 0.3) is 0 Å². The van der Waals surface area contributed by atoms with Crippen LogP contribution in [0.5, 0.6) is 5.75 Å². The van der Waals surface area contributed by atoms with E-state index in [0.29, 0.717) is 0 Å². The second-order valence-corrected chi connectivity index (χ2v) is 8.46. The highest BCUT2D eigenvalue weighted by atomic mass is 19.2. The molecule has 6 aromatic rings. The number of halogens is 9. The van der Waals surface area contributed by atoms with Gasteiger partial charge in [0.15, 0.2) is 46.5 Å². The average molecular weight is 534 g/mol. The molecular formula is C26H8BF9O2. The molecule has 0 saturated heterocycles. The molecule has 1 N–H and O–H groups in total. The summed E-state index contributed by atoms with van der Waals surface area (Å²) in [6.07, 6.45) is 0. The lowest BCUT2D eigenvalue weighted by Crippen LogP contribution is -2.38. The summed E-state index contributed by atoms with van der Waals surface area (Å²) >= 11 is 0. The van der Waals surface area contributed by atoms with Crippen LogP contribution in [0.25, 0.3) is 43.1 Å². The Kier molecular flexibility index (Phi) is 5.19. The van der Waals surface area contributed by atoms with E-state index in [4.69, 9.17) is 4.65 Å². The van der Waals surface area contributed by atoms with Gasteiger partial charge >= 0.3 is 7.12 Å². The normalized spacial score (nSPS) is 11.9. The van der Waals surface area contributed by atoms with E-state index in [-0.39, 0.29) is 10.8 Å². The molecular weight excluding hydrogens is 526 g/mol. The molecule has 0 amide bonds. The van der Waals surface area contributed by atoms with E-state index in [0.717, 1.165) is 30.3 Å². The highest BCUT2D eigenvalue weighted by Crippen LogP contribution is 2.45. The van der Waals surface area contributed by atoms with E-state index in [1.165, 1.54) is 12.1 Å². The Labute approximate surface area is 205 Å². The van der Waals surface area contributed by atoms with Crippen LogP contribution >= 0.6 is 0 Å². The standard InChI is InChI=1S/C26H8BF9O2/c28-12-7-5-8-4-6-10-15-13(8)16(12)20(31)21(32)17(15)22(33)25(36)26(10)38-27(37)11-3-1-2-9-14(11)19(30)24(35)23(34)18(9)29/h1-7,37H. The molecule has 2 nitrogen and oxygen atoms in total. The van der Waals surface area contributed by atoms with Gasteiger partial charge in [-0.3, -0.25) is 0 Å². The third-order valence-electron chi connectivity index (χ3n) is 6.50. The molecule has 0 unspecified atom stereocenters. The van der Waals surface area contributed by atoms with E-state index >= 15 is 8.78 Å². The third kappa shape index (κ3) is 3.03. The first-order valence-corrected chi connectivity index (χ1v) is 10.8. The summed E-state index contributed by atoms with van der Waals surface area (Å²) in [5.74, 6) is -17.6. The summed E-state index contributed by atoms with van der Waals surface area (Å²) in [5, 5.41) is 5.93.